The number of nitrogens with one attached hydrogen (secondary N) is 1. The van der Waals surface area contributed by atoms with E-state index in [1.807, 2.05) is 24.3 Å². The number of fused-ring (bicyclic) bond motifs is 1. The number of benzene rings is 1. The maximum Gasteiger partial charge on any atom is 0.251 e. The van der Waals surface area contributed by atoms with Crippen LogP contribution in [0.15, 0.2) is 36.5 Å². The molecule has 1 unspecified atom stereocenters. The molecule has 1 atom stereocenters. The standard InChI is InChI=1S/C15H17ClN2O2/c1-20-10-11(16)7-9-18-15(19)13-4-2-6-14-12(13)5-3-8-17-14/h2-6,8,11H,7,9-10H2,1H3,(H,18,19). The van der Waals surface area contributed by atoms with Crippen molar-refractivity contribution in [2.24, 2.45) is 0 Å². The number of hydrogen-bond donors (Lipinski definition) is 1. The minimum atomic E-state index is -0.107. The Balaban J connectivity index is 2.01. The summed E-state index contributed by atoms with van der Waals surface area (Å²) in [4.78, 5) is 16.4. The van der Waals surface area contributed by atoms with Gasteiger partial charge in [-0.15, -0.1) is 11.6 Å². The molecule has 1 heterocycles. The molecule has 2 aromatic rings. The van der Waals surface area contributed by atoms with Crippen LogP contribution >= 0.6 is 11.6 Å². The predicted molar refractivity (Wildman–Crippen MR) is 80.2 cm³/mol. The Bertz CT molecular complexity index is 584. The molecular formula is C15H17ClN2O2. The number of aromatic nitrogens is 1. The second-order valence-corrected chi connectivity index (χ2v) is 5.09. The topological polar surface area (TPSA) is 51.2 Å². The van der Waals surface area contributed by atoms with Gasteiger partial charge < -0.3 is 10.1 Å². The summed E-state index contributed by atoms with van der Waals surface area (Å²) in [6, 6.07) is 9.24. The Kier molecular flexibility index (Phi) is 5.32. The highest BCUT2D eigenvalue weighted by atomic mass is 35.5. The van der Waals surface area contributed by atoms with Gasteiger partial charge in [0.25, 0.3) is 5.91 Å². The molecule has 0 bridgehead atoms. The predicted octanol–water partition coefficient (Wildman–Crippen LogP) is 2.61. The van der Waals surface area contributed by atoms with Crippen molar-refractivity contribution in [2.45, 2.75) is 11.8 Å². The third-order valence-electron chi connectivity index (χ3n) is 2.98. The van der Waals surface area contributed by atoms with Gasteiger partial charge in [-0.3, -0.25) is 9.78 Å². The van der Waals surface area contributed by atoms with Crippen molar-refractivity contribution >= 4 is 28.4 Å². The average Bonchev–Trinajstić information content (AvgIpc) is 2.47. The Labute approximate surface area is 123 Å². The summed E-state index contributed by atoms with van der Waals surface area (Å²) in [6.07, 6.45) is 2.39. The van der Waals surface area contributed by atoms with Crippen molar-refractivity contribution in [3.63, 3.8) is 0 Å². The lowest BCUT2D eigenvalue weighted by atomic mass is 10.1. The fourth-order valence-electron chi connectivity index (χ4n) is 2.00. The molecule has 0 spiro atoms. The van der Waals surface area contributed by atoms with E-state index >= 15 is 0 Å². The molecule has 5 heteroatoms. The van der Waals surface area contributed by atoms with Crippen molar-refractivity contribution in [3.8, 4) is 0 Å². The molecule has 2 rings (SSSR count). The van der Waals surface area contributed by atoms with Crippen molar-refractivity contribution in [1.29, 1.82) is 0 Å². The largest absolute Gasteiger partial charge is 0.383 e. The van der Waals surface area contributed by atoms with Crippen LogP contribution in [0.4, 0.5) is 0 Å². The van der Waals surface area contributed by atoms with Crippen molar-refractivity contribution in [2.75, 3.05) is 20.3 Å². The third-order valence-corrected chi connectivity index (χ3v) is 3.33. The van der Waals surface area contributed by atoms with Crippen LogP contribution in [-0.2, 0) is 4.74 Å². The molecule has 0 aliphatic rings. The Hall–Kier alpha value is -1.65. The van der Waals surface area contributed by atoms with Crippen LogP contribution in [-0.4, -0.2) is 36.5 Å². The molecule has 0 fully saturated rings. The number of rotatable bonds is 6. The molecule has 0 aliphatic heterocycles. The van der Waals surface area contributed by atoms with Crippen LogP contribution in [0, 0.1) is 0 Å². The van der Waals surface area contributed by atoms with Gasteiger partial charge in [-0.1, -0.05) is 12.1 Å². The van der Waals surface area contributed by atoms with Gasteiger partial charge in [-0.05, 0) is 24.6 Å². The van der Waals surface area contributed by atoms with E-state index in [2.05, 4.69) is 10.3 Å². The zero-order valence-electron chi connectivity index (χ0n) is 11.3. The van der Waals surface area contributed by atoms with E-state index in [4.69, 9.17) is 16.3 Å². The van der Waals surface area contributed by atoms with Gasteiger partial charge in [0.15, 0.2) is 0 Å². The first-order valence-electron chi connectivity index (χ1n) is 6.47. The molecule has 4 nitrogen and oxygen atoms in total. The summed E-state index contributed by atoms with van der Waals surface area (Å²) < 4.78 is 4.95. The van der Waals surface area contributed by atoms with Gasteiger partial charge in [0, 0.05) is 30.8 Å². The van der Waals surface area contributed by atoms with Gasteiger partial charge in [-0.25, -0.2) is 0 Å². The highest BCUT2D eigenvalue weighted by Gasteiger charge is 2.10. The zero-order chi connectivity index (χ0) is 14.4. The van der Waals surface area contributed by atoms with Crippen LogP contribution in [0.3, 0.4) is 0 Å². The molecule has 1 N–H and O–H groups in total. The van der Waals surface area contributed by atoms with E-state index in [0.717, 1.165) is 10.9 Å². The average molecular weight is 293 g/mol. The number of nitrogens with zero attached hydrogens (tertiary/aromatic N) is 1. The van der Waals surface area contributed by atoms with Crippen LogP contribution in [0.25, 0.3) is 10.9 Å². The summed E-state index contributed by atoms with van der Waals surface area (Å²) >= 11 is 6.02. The summed E-state index contributed by atoms with van der Waals surface area (Å²) in [5, 5.41) is 3.64. The summed E-state index contributed by atoms with van der Waals surface area (Å²) in [6.45, 7) is 1.00. The monoisotopic (exact) mass is 292 g/mol. The molecule has 20 heavy (non-hydrogen) atoms. The number of pyridine rings is 1. The number of amides is 1. The molecular weight excluding hydrogens is 276 g/mol. The minimum absolute atomic E-state index is 0.0884. The maximum absolute atomic E-state index is 12.2. The first-order chi connectivity index (χ1) is 9.72. The maximum atomic E-state index is 12.2. The number of methoxy groups -OCH3 is 1. The van der Waals surface area contributed by atoms with Crippen LogP contribution in [0.2, 0.25) is 0 Å². The van der Waals surface area contributed by atoms with Crippen LogP contribution < -0.4 is 5.32 Å². The summed E-state index contributed by atoms with van der Waals surface area (Å²) in [7, 11) is 1.61. The van der Waals surface area contributed by atoms with Gasteiger partial charge in [0.1, 0.15) is 0 Å². The third kappa shape index (κ3) is 3.68. The van der Waals surface area contributed by atoms with Gasteiger partial charge in [0.05, 0.1) is 17.5 Å². The van der Waals surface area contributed by atoms with Crippen LogP contribution in [0.5, 0.6) is 0 Å². The van der Waals surface area contributed by atoms with E-state index in [-0.39, 0.29) is 11.3 Å². The normalized spacial score (nSPS) is 12.3. The van der Waals surface area contributed by atoms with Gasteiger partial charge >= 0.3 is 0 Å². The lowest BCUT2D eigenvalue weighted by molar-refractivity contribution is 0.0953. The lowest BCUT2D eigenvalue weighted by Gasteiger charge is -2.10. The first kappa shape index (κ1) is 14.8. The molecule has 0 aliphatic carbocycles. The highest BCUT2D eigenvalue weighted by molar-refractivity contribution is 6.20. The number of halogens is 1. The molecule has 1 amide bonds. The Morgan fingerprint density at radius 1 is 1.40 bits per heavy atom. The molecule has 0 saturated heterocycles. The van der Waals surface area contributed by atoms with Crippen molar-refractivity contribution in [3.05, 3.63) is 42.1 Å². The quantitative estimate of drug-likeness (QED) is 0.833. The highest BCUT2D eigenvalue weighted by Crippen LogP contribution is 2.16. The van der Waals surface area contributed by atoms with Crippen LogP contribution in [0.1, 0.15) is 16.8 Å². The molecule has 0 saturated carbocycles. The Morgan fingerprint density at radius 3 is 3.05 bits per heavy atom. The number of carbonyl (C=O) groups is 1. The van der Waals surface area contributed by atoms with E-state index in [1.165, 1.54) is 0 Å². The summed E-state index contributed by atoms with van der Waals surface area (Å²) in [5.41, 5.74) is 1.45. The van der Waals surface area contributed by atoms with Crippen molar-refractivity contribution in [1.82, 2.24) is 10.3 Å². The molecule has 1 aromatic heterocycles. The fraction of sp³-hybridized carbons (Fsp3) is 0.333. The number of alkyl halides is 1. The second-order valence-electron chi connectivity index (χ2n) is 4.47. The zero-order valence-corrected chi connectivity index (χ0v) is 12.1. The number of hydrogen-bond acceptors (Lipinski definition) is 3. The SMILES string of the molecule is COCC(Cl)CCNC(=O)c1cccc2ncccc12. The summed E-state index contributed by atoms with van der Waals surface area (Å²) in [5.74, 6) is -0.107. The molecule has 1 aromatic carbocycles. The smallest absolute Gasteiger partial charge is 0.251 e. The first-order valence-corrected chi connectivity index (χ1v) is 6.91. The Morgan fingerprint density at radius 2 is 2.25 bits per heavy atom. The van der Waals surface area contributed by atoms with E-state index in [1.54, 1.807) is 19.4 Å². The van der Waals surface area contributed by atoms with Gasteiger partial charge in [0.2, 0.25) is 0 Å². The van der Waals surface area contributed by atoms with Gasteiger partial charge in [-0.2, -0.15) is 0 Å². The molecule has 106 valence electrons. The van der Waals surface area contributed by atoms with E-state index in [0.29, 0.717) is 25.1 Å². The minimum Gasteiger partial charge on any atom is -0.383 e. The fourth-order valence-corrected chi connectivity index (χ4v) is 2.24. The number of ether oxygens (including phenoxy) is 1. The van der Waals surface area contributed by atoms with E-state index in [9.17, 15) is 4.79 Å². The van der Waals surface area contributed by atoms with Crippen molar-refractivity contribution < 1.29 is 9.53 Å². The molecule has 0 radical (unpaired) electrons. The lowest BCUT2D eigenvalue weighted by Crippen LogP contribution is -2.27. The number of carbonyl (C=O) groups excluding carboxylic acids is 1. The van der Waals surface area contributed by atoms with E-state index < -0.39 is 0 Å². The second kappa shape index (κ2) is 7.22.